The van der Waals surface area contributed by atoms with Crippen molar-refractivity contribution in [2.75, 3.05) is 6.54 Å². The Morgan fingerprint density at radius 1 is 1.40 bits per heavy atom. The van der Waals surface area contributed by atoms with Crippen LogP contribution in [0.1, 0.15) is 24.9 Å². The molecule has 6 nitrogen and oxygen atoms in total. The third kappa shape index (κ3) is 4.38. The lowest BCUT2D eigenvalue weighted by molar-refractivity contribution is 0.237. The summed E-state index contributed by atoms with van der Waals surface area (Å²) in [5.74, 6) is 0. The fraction of sp³-hybridized carbons (Fsp3) is 0.357. The first kappa shape index (κ1) is 14.0. The van der Waals surface area contributed by atoms with E-state index in [0.29, 0.717) is 6.54 Å². The smallest absolute Gasteiger partial charge is 0.315 e. The van der Waals surface area contributed by atoms with Gasteiger partial charge in [-0.05, 0) is 31.0 Å². The van der Waals surface area contributed by atoms with Gasteiger partial charge >= 0.3 is 6.03 Å². The molecule has 0 aromatic carbocycles. The molecule has 0 unspecified atom stereocenters. The highest BCUT2D eigenvalue weighted by Crippen LogP contribution is 2.08. The minimum Gasteiger partial charge on any atom is -0.338 e. The zero-order valence-electron chi connectivity index (χ0n) is 11.5. The van der Waals surface area contributed by atoms with Crippen molar-refractivity contribution in [1.82, 2.24) is 25.4 Å². The minimum absolute atomic E-state index is 0.0604. The van der Waals surface area contributed by atoms with Gasteiger partial charge in [0.05, 0.1) is 6.04 Å². The van der Waals surface area contributed by atoms with Gasteiger partial charge in [0.25, 0.3) is 0 Å². The summed E-state index contributed by atoms with van der Waals surface area (Å²) in [5.41, 5.74) is 0.985. The van der Waals surface area contributed by atoms with E-state index in [1.807, 2.05) is 36.0 Å². The maximum Gasteiger partial charge on any atom is 0.315 e. The Kier molecular flexibility index (Phi) is 5.11. The van der Waals surface area contributed by atoms with Crippen LogP contribution in [0.3, 0.4) is 0 Å². The van der Waals surface area contributed by atoms with Crippen LogP contribution in [0.25, 0.3) is 0 Å². The molecule has 0 saturated heterocycles. The lowest BCUT2D eigenvalue weighted by atomic mass is 10.1. The van der Waals surface area contributed by atoms with Crippen molar-refractivity contribution >= 4 is 6.03 Å². The third-order valence-electron chi connectivity index (χ3n) is 2.94. The van der Waals surface area contributed by atoms with Gasteiger partial charge in [0.1, 0.15) is 0 Å². The summed E-state index contributed by atoms with van der Waals surface area (Å²) < 4.78 is 1.85. The Balaban J connectivity index is 1.65. The molecule has 0 bridgehead atoms. The fourth-order valence-electron chi connectivity index (χ4n) is 1.84. The van der Waals surface area contributed by atoms with E-state index < -0.39 is 0 Å². The van der Waals surface area contributed by atoms with Crippen molar-refractivity contribution in [2.24, 2.45) is 0 Å². The number of hydrogen-bond acceptors (Lipinski definition) is 3. The van der Waals surface area contributed by atoms with Gasteiger partial charge in [-0.1, -0.05) is 6.07 Å². The fourth-order valence-corrected chi connectivity index (χ4v) is 1.84. The lowest BCUT2D eigenvalue weighted by Gasteiger charge is -2.14. The first-order valence-electron chi connectivity index (χ1n) is 6.67. The highest BCUT2D eigenvalue weighted by Gasteiger charge is 2.08. The van der Waals surface area contributed by atoms with Gasteiger partial charge in [0.2, 0.25) is 0 Å². The summed E-state index contributed by atoms with van der Waals surface area (Å²) in [6.07, 6.45) is 7.96. The molecule has 2 aromatic rings. The second kappa shape index (κ2) is 7.28. The predicted molar refractivity (Wildman–Crippen MR) is 76.0 cm³/mol. The Hall–Kier alpha value is -2.37. The van der Waals surface area contributed by atoms with Gasteiger partial charge in [-0.3, -0.25) is 9.67 Å². The summed E-state index contributed by atoms with van der Waals surface area (Å²) in [6, 6.07) is 5.46. The number of pyridine rings is 1. The van der Waals surface area contributed by atoms with Crippen LogP contribution in [0.2, 0.25) is 0 Å². The molecule has 0 aliphatic heterocycles. The van der Waals surface area contributed by atoms with Crippen LogP contribution in [-0.4, -0.2) is 27.3 Å². The first-order chi connectivity index (χ1) is 9.75. The van der Waals surface area contributed by atoms with Crippen LogP contribution in [0, 0.1) is 0 Å². The van der Waals surface area contributed by atoms with E-state index in [0.717, 1.165) is 18.5 Å². The summed E-state index contributed by atoms with van der Waals surface area (Å²) in [5, 5.41) is 9.81. The molecule has 2 rings (SSSR count). The van der Waals surface area contributed by atoms with Gasteiger partial charge in [0, 0.05) is 37.9 Å². The average molecular weight is 273 g/mol. The van der Waals surface area contributed by atoms with Crippen molar-refractivity contribution in [3.8, 4) is 0 Å². The van der Waals surface area contributed by atoms with Crippen LogP contribution >= 0.6 is 0 Å². The summed E-state index contributed by atoms with van der Waals surface area (Å²) in [6.45, 7) is 3.34. The van der Waals surface area contributed by atoms with Gasteiger partial charge in [0.15, 0.2) is 0 Å². The largest absolute Gasteiger partial charge is 0.338 e. The van der Waals surface area contributed by atoms with Gasteiger partial charge in [-0.15, -0.1) is 0 Å². The van der Waals surface area contributed by atoms with Crippen molar-refractivity contribution < 1.29 is 4.79 Å². The topological polar surface area (TPSA) is 71.8 Å². The molecule has 0 spiro atoms. The van der Waals surface area contributed by atoms with E-state index in [1.165, 1.54) is 0 Å². The summed E-state index contributed by atoms with van der Waals surface area (Å²) in [4.78, 5) is 15.8. The molecule has 106 valence electrons. The number of aromatic nitrogens is 3. The second-order valence-corrected chi connectivity index (χ2v) is 4.53. The van der Waals surface area contributed by atoms with E-state index in [9.17, 15) is 4.79 Å². The highest BCUT2D eigenvalue weighted by molar-refractivity contribution is 5.74. The molecule has 1 atom stereocenters. The molecule has 0 fully saturated rings. The summed E-state index contributed by atoms with van der Waals surface area (Å²) in [7, 11) is 0. The lowest BCUT2D eigenvalue weighted by Crippen LogP contribution is -2.37. The molecule has 2 heterocycles. The SMILES string of the molecule is C[C@@H](NC(=O)NCCCn1cccn1)c1cccnc1. The van der Waals surface area contributed by atoms with Gasteiger partial charge in [-0.25, -0.2) is 4.79 Å². The molecular formula is C14H19N5O. The van der Waals surface area contributed by atoms with Crippen LogP contribution in [0.5, 0.6) is 0 Å². The number of carbonyl (C=O) groups is 1. The van der Waals surface area contributed by atoms with Crippen LogP contribution in [-0.2, 0) is 6.54 Å². The number of nitrogens with zero attached hydrogens (tertiary/aromatic N) is 3. The number of urea groups is 1. The average Bonchev–Trinajstić information content (AvgIpc) is 2.98. The zero-order chi connectivity index (χ0) is 14.2. The Morgan fingerprint density at radius 2 is 2.30 bits per heavy atom. The highest BCUT2D eigenvalue weighted by atomic mass is 16.2. The number of rotatable bonds is 6. The quantitative estimate of drug-likeness (QED) is 0.787. The third-order valence-corrected chi connectivity index (χ3v) is 2.94. The Labute approximate surface area is 118 Å². The predicted octanol–water partition coefficient (Wildman–Crippen LogP) is 1.73. The minimum atomic E-state index is -0.165. The van der Waals surface area contributed by atoms with Crippen molar-refractivity contribution in [3.63, 3.8) is 0 Å². The molecule has 6 heteroatoms. The number of hydrogen-bond donors (Lipinski definition) is 2. The molecular weight excluding hydrogens is 254 g/mol. The first-order valence-corrected chi connectivity index (χ1v) is 6.67. The summed E-state index contributed by atoms with van der Waals surface area (Å²) >= 11 is 0. The van der Waals surface area contributed by atoms with Crippen LogP contribution in [0.4, 0.5) is 4.79 Å². The van der Waals surface area contributed by atoms with E-state index in [4.69, 9.17) is 0 Å². The molecule has 20 heavy (non-hydrogen) atoms. The van der Waals surface area contributed by atoms with E-state index >= 15 is 0 Å². The monoisotopic (exact) mass is 273 g/mol. The number of aryl methyl sites for hydroxylation is 1. The van der Waals surface area contributed by atoms with Crippen LogP contribution < -0.4 is 10.6 Å². The number of amides is 2. The maximum atomic E-state index is 11.7. The van der Waals surface area contributed by atoms with E-state index in [-0.39, 0.29) is 12.1 Å². The second-order valence-electron chi connectivity index (χ2n) is 4.53. The molecule has 0 saturated carbocycles. The van der Waals surface area contributed by atoms with Gasteiger partial charge < -0.3 is 10.6 Å². The zero-order valence-corrected chi connectivity index (χ0v) is 11.5. The normalized spacial score (nSPS) is 11.8. The molecule has 0 aliphatic rings. The molecule has 2 aromatic heterocycles. The molecule has 0 aliphatic carbocycles. The molecule has 2 N–H and O–H groups in total. The Bertz CT molecular complexity index is 512. The standard InChI is InChI=1S/C14H19N5O/c1-12(13-5-2-6-15-11-13)18-14(20)16-7-3-9-19-10-4-8-17-19/h2,4-6,8,10-12H,3,7,9H2,1H3,(H2,16,18,20)/t12-/m1/s1. The number of carbonyl (C=O) groups excluding carboxylic acids is 1. The van der Waals surface area contributed by atoms with Crippen LogP contribution in [0.15, 0.2) is 43.0 Å². The molecule has 0 radical (unpaired) electrons. The van der Waals surface area contributed by atoms with E-state index in [2.05, 4.69) is 20.7 Å². The van der Waals surface area contributed by atoms with Crippen molar-refractivity contribution in [2.45, 2.75) is 25.9 Å². The van der Waals surface area contributed by atoms with E-state index in [1.54, 1.807) is 18.6 Å². The van der Waals surface area contributed by atoms with Crippen molar-refractivity contribution in [3.05, 3.63) is 48.5 Å². The maximum absolute atomic E-state index is 11.7. The number of nitrogens with one attached hydrogen (secondary N) is 2. The van der Waals surface area contributed by atoms with Gasteiger partial charge in [-0.2, -0.15) is 5.10 Å². The molecule has 2 amide bonds. The van der Waals surface area contributed by atoms with Crippen molar-refractivity contribution in [1.29, 1.82) is 0 Å². The Morgan fingerprint density at radius 3 is 3.00 bits per heavy atom.